The lowest BCUT2D eigenvalue weighted by atomic mass is 10.1. The Bertz CT molecular complexity index is 1490. The number of halogens is 2. The molecule has 0 aliphatic heterocycles. The smallest absolute Gasteiger partial charge is 0.254 e. The van der Waals surface area contributed by atoms with Crippen LogP contribution in [0.5, 0.6) is 0 Å². The molecule has 0 saturated heterocycles. The van der Waals surface area contributed by atoms with Gasteiger partial charge in [0.15, 0.2) is 5.43 Å². The van der Waals surface area contributed by atoms with Crippen molar-refractivity contribution in [2.24, 2.45) is 0 Å². The molecule has 196 valence electrons. The van der Waals surface area contributed by atoms with Gasteiger partial charge in [0.25, 0.3) is 5.91 Å². The summed E-state index contributed by atoms with van der Waals surface area (Å²) < 4.78 is 19.2. The highest BCUT2D eigenvalue weighted by Gasteiger charge is 2.24. The molecule has 8 heteroatoms. The van der Waals surface area contributed by atoms with Crippen LogP contribution in [-0.4, -0.2) is 34.7 Å². The Morgan fingerprint density at radius 1 is 0.947 bits per heavy atom. The van der Waals surface area contributed by atoms with Crippen LogP contribution in [0.1, 0.15) is 41.3 Å². The molecule has 1 heterocycles. The molecule has 0 unspecified atom stereocenters. The number of rotatable bonds is 10. The molecule has 0 N–H and O–H groups in total. The number of benzene rings is 3. The van der Waals surface area contributed by atoms with Crippen LogP contribution in [0.15, 0.2) is 88.3 Å². The Morgan fingerprint density at radius 2 is 1.71 bits per heavy atom. The number of nitrogens with zero attached hydrogens (tertiary/aromatic N) is 2. The van der Waals surface area contributed by atoms with E-state index in [4.69, 9.17) is 16.0 Å². The number of amides is 2. The van der Waals surface area contributed by atoms with Gasteiger partial charge in [0.1, 0.15) is 17.9 Å². The topological polar surface area (TPSA) is 70.8 Å². The lowest BCUT2D eigenvalue weighted by molar-refractivity contribution is -0.133. The second kappa shape index (κ2) is 12.5. The molecule has 0 aliphatic carbocycles. The summed E-state index contributed by atoms with van der Waals surface area (Å²) >= 11 is 6.09. The van der Waals surface area contributed by atoms with Crippen LogP contribution < -0.4 is 5.43 Å². The van der Waals surface area contributed by atoms with Gasteiger partial charge < -0.3 is 14.2 Å². The fourth-order valence-electron chi connectivity index (χ4n) is 4.14. The van der Waals surface area contributed by atoms with E-state index in [1.807, 2.05) is 6.92 Å². The number of carbonyl (C=O) groups excluding carboxylic acids is 2. The Morgan fingerprint density at radius 3 is 2.45 bits per heavy atom. The monoisotopic (exact) mass is 534 g/mol. The van der Waals surface area contributed by atoms with E-state index in [0.717, 1.165) is 6.42 Å². The van der Waals surface area contributed by atoms with Crippen molar-refractivity contribution in [3.05, 3.63) is 117 Å². The Kier molecular flexibility index (Phi) is 8.92. The fourth-order valence-corrected chi connectivity index (χ4v) is 4.33. The van der Waals surface area contributed by atoms with Crippen LogP contribution >= 0.6 is 11.6 Å². The number of carbonyl (C=O) groups is 2. The van der Waals surface area contributed by atoms with Gasteiger partial charge in [-0.2, -0.15) is 0 Å². The molecular formula is C30H28ClFN2O4. The number of para-hydroxylation sites is 1. The lowest BCUT2D eigenvalue weighted by Gasteiger charge is -2.28. The molecule has 0 bridgehead atoms. The maximum Gasteiger partial charge on any atom is 0.254 e. The van der Waals surface area contributed by atoms with E-state index >= 15 is 0 Å². The molecule has 4 aromatic rings. The minimum atomic E-state index is -0.389. The highest BCUT2D eigenvalue weighted by molar-refractivity contribution is 6.31. The molecule has 0 fully saturated rings. The summed E-state index contributed by atoms with van der Waals surface area (Å²) in [7, 11) is 0. The van der Waals surface area contributed by atoms with Gasteiger partial charge in [-0.25, -0.2) is 4.39 Å². The molecular weight excluding hydrogens is 507 g/mol. The molecule has 0 aliphatic rings. The Hall–Kier alpha value is -3.97. The first kappa shape index (κ1) is 27.1. The van der Waals surface area contributed by atoms with Gasteiger partial charge in [0, 0.05) is 23.7 Å². The van der Waals surface area contributed by atoms with E-state index < -0.39 is 0 Å². The zero-order valence-electron chi connectivity index (χ0n) is 21.0. The molecule has 4 rings (SSSR count). The average Bonchev–Trinajstić information content (AvgIpc) is 2.92. The third kappa shape index (κ3) is 6.66. The average molecular weight is 535 g/mol. The summed E-state index contributed by atoms with van der Waals surface area (Å²) in [6, 6.07) is 19.3. The van der Waals surface area contributed by atoms with Crippen LogP contribution in [0, 0.1) is 5.82 Å². The number of fused-ring (bicyclic) bond motifs is 1. The minimum absolute atomic E-state index is 0.0314. The molecule has 0 spiro atoms. The molecule has 0 atom stereocenters. The van der Waals surface area contributed by atoms with Gasteiger partial charge in [0.2, 0.25) is 5.91 Å². The van der Waals surface area contributed by atoms with Gasteiger partial charge in [-0.05, 0) is 54.4 Å². The van der Waals surface area contributed by atoms with E-state index in [-0.39, 0.29) is 42.7 Å². The van der Waals surface area contributed by atoms with Gasteiger partial charge in [0.05, 0.1) is 23.8 Å². The summed E-state index contributed by atoms with van der Waals surface area (Å²) in [4.78, 5) is 43.1. The second-order valence-electron chi connectivity index (χ2n) is 9.05. The molecule has 1 aromatic heterocycles. The predicted molar refractivity (Wildman–Crippen MR) is 145 cm³/mol. The maximum atomic E-state index is 13.7. The first-order chi connectivity index (χ1) is 18.4. The summed E-state index contributed by atoms with van der Waals surface area (Å²) in [6.45, 7) is 2.29. The molecule has 3 aromatic carbocycles. The van der Waals surface area contributed by atoms with Crippen molar-refractivity contribution in [1.29, 1.82) is 0 Å². The first-order valence-electron chi connectivity index (χ1n) is 12.4. The van der Waals surface area contributed by atoms with Crippen LogP contribution in [-0.2, 0) is 17.9 Å². The summed E-state index contributed by atoms with van der Waals surface area (Å²) in [5.74, 6) is -1.05. The van der Waals surface area contributed by atoms with Crippen molar-refractivity contribution < 1.29 is 18.4 Å². The third-order valence-corrected chi connectivity index (χ3v) is 6.45. The van der Waals surface area contributed by atoms with Crippen LogP contribution in [0.25, 0.3) is 11.0 Å². The van der Waals surface area contributed by atoms with Crippen LogP contribution in [0.2, 0.25) is 5.02 Å². The van der Waals surface area contributed by atoms with Crippen molar-refractivity contribution in [3.63, 3.8) is 0 Å². The Balaban J connectivity index is 1.63. The van der Waals surface area contributed by atoms with E-state index in [2.05, 4.69) is 0 Å². The molecule has 0 saturated carbocycles. The number of unbranched alkanes of at least 4 members (excludes halogenated alkanes) is 1. The second-order valence-corrected chi connectivity index (χ2v) is 9.49. The number of hydrogen-bond donors (Lipinski definition) is 0. The number of hydrogen-bond acceptors (Lipinski definition) is 4. The summed E-state index contributed by atoms with van der Waals surface area (Å²) in [5.41, 5.74) is 1.60. The first-order valence-corrected chi connectivity index (χ1v) is 12.8. The lowest BCUT2D eigenvalue weighted by Crippen LogP contribution is -2.43. The van der Waals surface area contributed by atoms with E-state index in [9.17, 15) is 18.8 Å². The minimum Gasteiger partial charge on any atom is -0.464 e. The highest BCUT2D eigenvalue weighted by Crippen LogP contribution is 2.17. The zero-order chi connectivity index (χ0) is 27.1. The fraction of sp³-hybridized carbons (Fsp3) is 0.233. The summed E-state index contributed by atoms with van der Waals surface area (Å²) in [6.07, 6.45) is 2.92. The van der Waals surface area contributed by atoms with Gasteiger partial charge in [-0.15, -0.1) is 0 Å². The van der Waals surface area contributed by atoms with Crippen molar-refractivity contribution >= 4 is 34.4 Å². The van der Waals surface area contributed by atoms with E-state index in [0.29, 0.717) is 45.6 Å². The highest BCUT2D eigenvalue weighted by atomic mass is 35.5. The molecule has 2 amide bonds. The van der Waals surface area contributed by atoms with Gasteiger partial charge in [-0.1, -0.05) is 55.3 Å². The Labute approximate surface area is 225 Å². The van der Waals surface area contributed by atoms with Crippen molar-refractivity contribution in [2.75, 3.05) is 13.1 Å². The van der Waals surface area contributed by atoms with Crippen molar-refractivity contribution in [3.8, 4) is 0 Å². The SMILES string of the molecule is CCCCN(CC(=O)N(Cc1ccc(F)cc1)Cc1coc2ccccc2c1=O)C(=O)c1cccc(Cl)c1. The zero-order valence-corrected chi connectivity index (χ0v) is 21.8. The normalized spacial score (nSPS) is 10.9. The van der Waals surface area contributed by atoms with Crippen molar-refractivity contribution in [1.82, 2.24) is 9.80 Å². The summed E-state index contributed by atoms with van der Waals surface area (Å²) in [5, 5.41) is 0.846. The van der Waals surface area contributed by atoms with Crippen molar-refractivity contribution in [2.45, 2.75) is 32.9 Å². The van der Waals surface area contributed by atoms with Crippen LogP contribution in [0.3, 0.4) is 0 Å². The standard InChI is InChI=1S/C30H28ClFN2O4/c1-2-3-15-33(30(37)22-7-6-8-24(31)16-22)19-28(35)34(17-21-11-13-25(32)14-12-21)18-23-20-38-27-10-5-4-9-26(27)29(23)36/h4-14,16,20H,2-3,15,17-19H2,1H3. The van der Waals surface area contributed by atoms with Crippen LogP contribution in [0.4, 0.5) is 4.39 Å². The quantitative estimate of drug-likeness (QED) is 0.248. The molecule has 0 radical (unpaired) electrons. The largest absolute Gasteiger partial charge is 0.464 e. The van der Waals surface area contributed by atoms with Gasteiger partial charge in [-0.3, -0.25) is 14.4 Å². The van der Waals surface area contributed by atoms with E-state index in [1.165, 1.54) is 28.2 Å². The predicted octanol–water partition coefficient (Wildman–Crippen LogP) is 6.06. The molecule has 6 nitrogen and oxygen atoms in total. The van der Waals surface area contributed by atoms with E-state index in [1.54, 1.807) is 60.7 Å². The third-order valence-electron chi connectivity index (χ3n) is 6.22. The van der Waals surface area contributed by atoms with Gasteiger partial charge >= 0.3 is 0 Å². The maximum absolute atomic E-state index is 13.7. The molecule has 38 heavy (non-hydrogen) atoms.